The van der Waals surface area contributed by atoms with E-state index in [9.17, 15) is 21.6 Å². The predicted molar refractivity (Wildman–Crippen MR) is 118 cm³/mol. The molecule has 168 valence electrons. The fourth-order valence-corrected chi connectivity index (χ4v) is 2.79. The van der Waals surface area contributed by atoms with E-state index in [1.165, 1.54) is 0 Å². The number of aliphatic imine (C=N–C) groups is 1. The summed E-state index contributed by atoms with van der Waals surface area (Å²) in [6.45, 7) is 2.96. The number of sulfonamides is 1. The summed E-state index contributed by atoms with van der Waals surface area (Å²) in [5, 5.41) is 6.01. The fourth-order valence-electron chi connectivity index (χ4n) is 2.13. The number of hydrogen-bond donors (Lipinski definition) is 3. The second kappa shape index (κ2) is 13.1. The number of hydrogen-bond acceptors (Lipinski definition) is 4. The summed E-state index contributed by atoms with van der Waals surface area (Å²) in [5.74, 6) is 0.633. The van der Waals surface area contributed by atoms with Crippen molar-refractivity contribution in [2.24, 2.45) is 4.99 Å². The molecule has 29 heavy (non-hydrogen) atoms. The first kappa shape index (κ1) is 27.7. The molecule has 0 atom stereocenters. The number of benzene rings is 1. The van der Waals surface area contributed by atoms with Crippen molar-refractivity contribution in [1.29, 1.82) is 0 Å². The van der Waals surface area contributed by atoms with Crippen LogP contribution in [0.2, 0.25) is 0 Å². The summed E-state index contributed by atoms with van der Waals surface area (Å²) < 4.78 is 67.3. The van der Waals surface area contributed by atoms with Crippen LogP contribution in [0.15, 0.2) is 23.2 Å². The van der Waals surface area contributed by atoms with Crippen LogP contribution < -0.4 is 20.1 Å². The Bertz CT molecular complexity index is 759. The normalized spacial score (nSPS) is 12.3. The van der Waals surface area contributed by atoms with E-state index >= 15 is 0 Å². The van der Waals surface area contributed by atoms with Crippen LogP contribution >= 0.6 is 24.0 Å². The molecule has 0 spiro atoms. The Labute approximate surface area is 187 Å². The smallest absolute Gasteiger partial charge is 0.422 e. The Balaban J connectivity index is 0.00000784. The first-order valence-corrected chi connectivity index (χ1v) is 10.4. The molecule has 1 rings (SSSR count). The minimum absolute atomic E-state index is 0. The largest absolute Gasteiger partial charge is 0.484 e. The van der Waals surface area contributed by atoms with E-state index in [-0.39, 0.29) is 42.0 Å². The van der Waals surface area contributed by atoms with Crippen molar-refractivity contribution in [2.45, 2.75) is 33.0 Å². The summed E-state index contributed by atoms with van der Waals surface area (Å²) in [6, 6.07) is 5.03. The molecular formula is C17H28F3IN4O3S. The highest BCUT2D eigenvalue weighted by Gasteiger charge is 2.28. The molecule has 3 N–H and O–H groups in total. The molecule has 0 saturated carbocycles. The van der Waals surface area contributed by atoms with Gasteiger partial charge in [-0.3, -0.25) is 4.99 Å². The second-order valence-electron chi connectivity index (χ2n) is 6.02. The molecule has 0 aliphatic heterocycles. The van der Waals surface area contributed by atoms with Gasteiger partial charge in [0.1, 0.15) is 5.75 Å². The van der Waals surface area contributed by atoms with E-state index in [1.807, 2.05) is 0 Å². The molecular weight excluding hydrogens is 524 g/mol. The van der Waals surface area contributed by atoms with Gasteiger partial charge in [-0.05, 0) is 31.9 Å². The Morgan fingerprint density at radius 3 is 2.48 bits per heavy atom. The first-order chi connectivity index (χ1) is 13.1. The standard InChI is InChI=1S/C17H27F3N4O3S.HI/c1-4-28(25,26)24-9-5-8-22-16(21-3)23-11-14-7-6-13(2)10-15(14)27-12-17(18,19)20;/h6-7,10,24H,4-5,8-9,11-12H2,1-3H3,(H2,21,22,23);1H. The molecule has 0 heterocycles. The summed E-state index contributed by atoms with van der Waals surface area (Å²) in [7, 11) is -1.65. The molecule has 0 amide bonds. The summed E-state index contributed by atoms with van der Waals surface area (Å²) in [5.41, 5.74) is 1.35. The van der Waals surface area contributed by atoms with E-state index < -0.39 is 22.8 Å². The molecule has 1 aromatic carbocycles. The number of halogens is 4. The summed E-state index contributed by atoms with van der Waals surface area (Å²) in [6.07, 6.45) is -3.87. The average molecular weight is 552 g/mol. The van der Waals surface area contributed by atoms with Gasteiger partial charge >= 0.3 is 6.18 Å². The first-order valence-electron chi connectivity index (χ1n) is 8.77. The Kier molecular flexibility index (Phi) is 12.5. The third-order valence-corrected chi connectivity index (χ3v) is 5.04. The lowest BCUT2D eigenvalue weighted by Gasteiger charge is -2.16. The van der Waals surface area contributed by atoms with Gasteiger partial charge in [0.15, 0.2) is 12.6 Å². The lowest BCUT2D eigenvalue weighted by molar-refractivity contribution is -0.153. The van der Waals surface area contributed by atoms with Crippen LogP contribution in [0.25, 0.3) is 0 Å². The van der Waals surface area contributed by atoms with E-state index in [0.717, 1.165) is 5.56 Å². The third-order valence-electron chi connectivity index (χ3n) is 3.63. The number of aryl methyl sites for hydroxylation is 1. The number of nitrogens with zero attached hydrogens (tertiary/aromatic N) is 1. The van der Waals surface area contributed by atoms with Gasteiger partial charge in [0, 0.05) is 32.2 Å². The number of nitrogens with one attached hydrogen (secondary N) is 3. The predicted octanol–water partition coefficient (Wildman–Crippen LogP) is 2.55. The molecule has 0 bridgehead atoms. The van der Waals surface area contributed by atoms with Crippen molar-refractivity contribution in [3.63, 3.8) is 0 Å². The maximum Gasteiger partial charge on any atom is 0.422 e. The highest BCUT2D eigenvalue weighted by Crippen LogP contribution is 2.23. The summed E-state index contributed by atoms with van der Waals surface area (Å²) in [4.78, 5) is 4.03. The number of ether oxygens (including phenoxy) is 1. The van der Waals surface area contributed by atoms with Gasteiger partial charge in [-0.1, -0.05) is 12.1 Å². The zero-order valence-electron chi connectivity index (χ0n) is 16.6. The number of rotatable bonds is 10. The molecule has 0 saturated heterocycles. The van der Waals surface area contributed by atoms with Gasteiger partial charge in [-0.15, -0.1) is 24.0 Å². The molecule has 12 heteroatoms. The maximum atomic E-state index is 12.4. The fraction of sp³-hybridized carbons (Fsp3) is 0.588. The third kappa shape index (κ3) is 12.1. The van der Waals surface area contributed by atoms with Gasteiger partial charge in [0.2, 0.25) is 10.0 Å². The van der Waals surface area contributed by atoms with Crippen molar-refractivity contribution in [3.05, 3.63) is 29.3 Å². The average Bonchev–Trinajstić information content (AvgIpc) is 2.62. The molecule has 1 aromatic rings. The van der Waals surface area contributed by atoms with Crippen LogP contribution in [0.1, 0.15) is 24.5 Å². The molecule has 0 fully saturated rings. The molecule has 0 aliphatic carbocycles. The quantitative estimate of drug-likeness (QED) is 0.180. The molecule has 0 unspecified atom stereocenters. The van der Waals surface area contributed by atoms with Gasteiger partial charge in [0.05, 0.1) is 5.75 Å². The SMILES string of the molecule is CCS(=O)(=O)NCCCNC(=NC)NCc1ccc(C)cc1OCC(F)(F)F.I. The summed E-state index contributed by atoms with van der Waals surface area (Å²) >= 11 is 0. The van der Waals surface area contributed by atoms with E-state index in [2.05, 4.69) is 20.3 Å². The number of guanidine groups is 1. The molecule has 0 aliphatic rings. The van der Waals surface area contributed by atoms with Crippen molar-refractivity contribution in [3.8, 4) is 5.75 Å². The van der Waals surface area contributed by atoms with Crippen molar-refractivity contribution >= 4 is 40.0 Å². The lowest BCUT2D eigenvalue weighted by Crippen LogP contribution is -2.38. The van der Waals surface area contributed by atoms with Crippen LogP contribution in [-0.4, -0.2) is 53.1 Å². The van der Waals surface area contributed by atoms with E-state index in [4.69, 9.17) is 4.74 Å². The zero-order chi connectivity index (χ0) is 21.2. The highest BCUT2D eigenvalue weighted by molar-refractivity contribution is 14.0. The minimum atomic E-state index is -4.41. The van der Waals surface area contributed by atoms with Crippen LogP contribution in [0.3, 0.4) is 0 Å². The van der Waals surface area contributed by atoms with Crippen molar-refractivity contribution in [1.82, 2.24) is 15.4 Å². The molecule has 7 nitrogen and oxygen atoms in total. The van der Waals surface area contributed by atoms with Crippen molar-refractivity contribution in [2.75, 3.05) is 32.5 Å². The monoisotopic (exact) mass is 552 g/mol. The van der Waals surface area contributed by atoms with Crippen LogP contribution in [0, 0.1) is 6.92 Å². The second-order valence-corrected chi connectivity index (χ2v) is 8.11. The number of alkyl halides is 3. The van der Waals surface area contributed by atoms with Gasteiger partial charge in [0.25, 0.3) is 0 Å². The van der Waals surface area contributed by atoms with Gasteiger partial charge in [-0.2, -0.15) is 13.2 Å². The van der Waals surface area contributed by atoms with Crippen molar-refractivity contribution < 1.29 is 26.3 Å². The Morgan fingerprint density at radius 2 is 1.90 bits per heavy atom. The Hall–Kier alpha value is -1.28. The van der Waals surface area contributed by atoms with Crippen LogP contribution in [0.4, 0.5) is 13.2 Å². The van der Waals surface area contributed by atoms with Gasteiger partial charge in [-0.25, -0.2) is 13.1 Å². The van der Waals surface area contributed by atoms with E-state index in [0.29, 0.717) is 31.0 Å². The lowest BCUT2D eigenvalue weighted by atomic mass is 10.1. The molecule has 0 radical (unpaired) electrons. The Morgan fingerprint density at radius 1 is 1.21 bits per heavy atom. The van der Waals surface area contributed by atoms with Gasteiger partial charge < -0.3 is 15.4 Å². The zero-order valence-corrected chi connectivity index (χ0v) is 19.7. The topological polar surface area (TPSA) is 91.8 Å². The van der Waals surface area contributed by atoms with Crippen LogP contribution in [-0.2, 0) is 16.6 Å². The van der Waals surface area contributed by atoms with Crippen LogP contribution in [0.5, 0.6) is 5.75 Å². The molecule has 0 aromatic heterocycles. The minimum Gasteiger partial charge on any atom is -0.484 e. The highest BCUT2D eigenvalue weighted by atomic mass is 127. The van der Waals surface area contributed by atoms with E-state index in [1.54, 1.807) is 39.1 Å². The maximum absolute atomic E-state index is 12.4.